The van der Waals surface area contributed by atoms with E-state index in [2.05, 4.69) is 26.2 Å². The molecule has 46 heavy (non-hydrogen) atoms. The lowest BCUT2D eigenvalue weighted by molar-refractivity contribution is -0.127. The number of rotatable bonds is 9. The number of piperidine rings is 1. The van der Waals surface area contributed by atoms with E-state index < -0.39 is 21.5 Å². The number of ether oxygens (including phenoxy) is 3. The number of nitrogens with one attached hydrogen (secondary N) is 1. The fourth-order valence-corrected chi connectivity index (χ4v) is 8.35. The van der Waals surface area contributed by atoms with Crippen LogP contribution in [0.3, 0.4) is 0 Å². The molecule has 2 aromatic carbocycles. The number of carbonyl (C=O) groups is 1. The van der Waals surface area contributed by atoms with Gasteiger partial charge in [0.15, 0.2) is 10.6 Å². The average molecular weight is 647 g/mol. The molecule has 6 rings (SSSR count). The first-order chi connectivity index (χ1) is 22.3. The molecule has 4 heterocycles. The van der Waals surface area contributed by atoms with Crippen molar-refractivity contribution >= 4 is 21.6 Å². The summed E-state index contributed by atoms with van der Waals surface area (Å²) in [5, 5.41) is 13.1. The predicted octanol–water partition coefficient (Wildman–Crippen LogP) is 2.72. The summed E-state index contributed by atoms with van der Waals surface area (Å²) < 4.78 is 46.5. The Hall–Kier alpha value is -4.22. The first-order valence-electron chi connectivity index (χ1n) is 15.4. The fraction of sp³-hybridized carbons (Fsp3) is 0.424. The second-order valence-corrected chi connectivity index (χ2v) is 13.2. The molecule has 0 spiro atoms. The van der Waals surface area contributed by atoms with Crippen molar-refractivity contribution < 1.29 is 27.4 Å². The minimum Gasteiger partial charge on any atom is -0.497 e. The molecular weight excluding hydrogens is 608 g/mol. The van der Waals surface area contributed by atoms with E-state index in [-0.39, 0.29) is 10.7 Å². The maximum atomic E-state index is 15.3. The minimum atomic E-state index is -4.50. The molecule has 3 aliphatic rings. The molecule has 1 atom stereocenters. The van der Waals surface area contributed by atoms with Crippen molar-refractivity contribution in [3.63, 3.8) is 0 Å². The summed E-state index contributed by atoms with van der Waals surface area (Å²) in [6.45, 7) is 6.96. The van der Waals surface area contributed by atoms with E-state index in [0.29, 0.717) is 59.7 Å². The zero-order chi connectivity index (χ0) is 32.5. The number of nitrogens with zero attached hydrogens (tertiary/aromatic N) is 5. The standard InChI is InChI=1S/C33H38N6O6S/c1-4-45-30-20-25(43-2)6-8-27(30)33(38-15-11-24(12-16-38)37-17-13-35-14-18-37)28-19-23(21-34)5-9-29(28)39(32(33)40)46(41,42)31-10-7-26(44-3)22-36-31/h5-10,19-20,22,24,35H,4,11-18H2,1-3H3. The molecule has 3 aliphatic heterocycles. The second kappa shape index (κ2) is 12.9. The van der Waals surface area contributed by atoms with Gasteiger partial charge >= 0.3 is 0 Å². The summed E-state index contributed by atoms with van der Waals surface area (Å²) in [6, 6.07) is 15.3. The molecule has 0 radical (unpaired) electrons. The van der Waals surface area contributed by atoms with Crippen LogP contribution in [0.5, 0.6) is 17.2 Å². The highest BCUT2D eigenvalue weighted by Gasteiger charge is 2.61. The van der Waals surface area contributed by atoms with Crippen LogP contribution >= 0.6 is 0 Å². The summed E-state index contributed by atoms with van der Waals surface area (Å²) in [4.78, 5) is 24.0. The van der Waals surface area contributed by atoms with Crippen molar-refractivity contribution in [2.45, 2.75) is 36.4 Å². The van der Waals surface area contributed by atoms with Crippen LogP contribution in [0.2, 0.25) is 0 Å². The van der Waals surface area contributed by atoms with Gasteiger partial charge in [0.2, 0.25) is 0 Å². The molecule has 2 saturated heterocycles. The third kappa shape index (κ3) is 5.25. The summed E-state index contributed by atoms with van der Waals surface area (Å²) >= 11 is 0. The van der Waals surface area contributed by atoms with Crippen molar-refractivity contribution in [2.75, 3.05) is 64.4 Å². The number of pyridine rings is 1. The van der Waals surface area contributed by atoms with E-state index >= 15 is 4.79 Å². The highest BCUT2D eigenvalue weighted by Crippen LogP contribution is 2.53. The Kier molecular flexibility index (Phi) is 8.89. The molecule has 1 amide bonds. The van der Waals surface area contributed by atoms with Crippen molar-refractivity contribution in [1.29, 1.82) is 5.26 Å². The molecular formula is C33H38N6O6S. The van der Waals surface area contributed by atoms with Crippen molar-refractivity contribution in [3.8, 4) is 23.3 Å². The van der Waals surface area contributed by atoms with E-state index in [1.807, 2.05) is 6.92 Å². The number of aromatic nitrogens is 1. The Morgan fingerprint density at radius 2 is 1.70 bits per heavy atom. The van der Waals surface area contributed by atoms with Crippen LogP contribution in [0.15, 0.2) is 59.8 Å². The number of anilines is 1. The number of hydrogen-bond acceptors (Lipinski definition) is 11. The van der Waals surface area contributed by atoms with E-state index in [0.717, 1.165) is 43.3 Å². The molecule has 2 fully saturated rings. The minimum absolute atomic E-state index is 0.170. The monoisotopic (exact) mass is 646 g/mol. The average Bonchev–Trinajstić information content (AvgIpc) is 3.37. The lowest BCUT2D eigenvalue weighted by Crippen LogP contribution is -2.59. The number of carbonyl (C=O) groups excluding carboxylic acids is 1. The van der Waals surface area contributed by atoms with E-state index in [1.165, 1.54) is 37.6 Å². The SMILES string of the molecule is CCOc1cc(OC)ccc1C1(N2CCC(N3CCNCC3)CC2)C(=O)N(S(=O)(=O)c2ccc(OC)cn2)c2ccc(C#N)cc21. The van der Waals surface area contributed by atoms with Crippen LogP contribution < -0.4 is 23.8 Å². The summed E-state index contributed by atoms with van der Waals surface area (Å²) in [5.41, 5.74) is -0.255. The summed E-state index contributed by atoms with van der Waals surface area (Å²) in [5.74, 6) is 0.631. The van der Waals surface area contributed by atoms with Crippen molar-refractivity contribution in [2.24, 2.45) is 0 Å². The maximum Gasteiger partial charge on any atom is 0.288 e. The Bertz CT molecular complexity index is 1750. The number of fused-ring (bicyclic) bond motifs is 1. The van der Waals surface area contributed by atoms with Crippen LogP contribution in [0.1, 0.15) is 36.5 Å². The Balaban J connectivity index is 1.55. The highest BCUT2D eigenvalue weighted by atomic mass is 32.2. The van der Waals surface area contributed by atoms with Gasteiger partial charge in [-0.15, -0.1) is 0 Å². The molecule has 1 aromatic heterocycles. The number of sulfonamides is 1. The largest absolute Gasteiger partial charge is 0.497 e. The molecule has 3 aromatic rings. The number of piperazine rings is 1. The van der Waals surface area contributed by atoms with Gasteiger partial charge in [0, 0.05) is 62.5 Å². The van der Waals surface area contributed by atoms with E-state index in [9.17, 15) is 13.7 Å². The molecule has 242 valence electrons. The first kappa shape index (κ1) is 31.7. The van der Waals surface area contributed by atoms with Crippen molar-refractivity contribution in [3.05, 3.63) is 71.4 Å². The van der Waals surface area contributed by atoms with Crippen LogP contribution in [-0.2, 0) is 20.4 Å². The number of nitriles is 1. The third-order valence-electron chi connectivity index (χ3n) is 9.16. The van der Waals surface area contributed by atoms with Crippen molar-refractivity contribution in [1.82, 2.24) is 20.1 Å². The molecule has 0 aliphatic carbocycles. The zero-order valence-electron chi connectivity index (χ0n) is 26.2. The third-order valence-corrected chi connectivity index (χ3v) is 10.8. The Morgan fingerprint density at radius 1 is 0.978 bits per heavy atom. The van der Waals surface area contributed by atoms with Gasteiger partial charge < -0.3 is 19.5 Å². The Labute approximate surface area is 269 Å². The van der Waals surface area contributed by atoms with Crippen LogP contribution in [-0.4, -0.2) is 95.2 Å². The molecule has 1 N–H and O–H groups in total. The second-order valence-electron chi connectivity index (χ2n) is 11.5. The zero-order valence-corrected chi connectivity index (χ0v) is 27.0. The van der Waals surface area contributed by atoms with Gasteiger partial charge in [-0.1, -0.05) is 0 Å². The van der Waals surface area contributed by atoms with Gasteiger partial charge in [-0.25, -0.2) is 4.98 Å². The number of hydrogen-bond donors (Lipinski definition) is 1. The molecule has 1 unspecified atom stereocenters. The molecule has 12 nitrogen and oxygen atoms in total. The lowest BCUT2D eigenvalue weighted by atomic mass is 9.79. The van der Waals surface area contributed by atoms with Crippen LogP contribution in [0.25, 0.3) is 0 Å². The van der Waals surface area contributed by atoms with Gasteiger partial charge in [0.1, 0.15) is 17.2 Å². The topological polar surface area (TPSA) is 137 Å². The Morgan fingerprint density at radius 3 is 2.33 bits per heavy atom. The van der Waals surface area contributed by atoms with Gasteiger partial charge in [-0.05, 0) is 62.2 Å². The fourth-order valence-electron chi connectivity index (χ4n) is 6.97. The quantitative estimate of drug-likeness (QED) is 0.367. The number of methoxy groups -OCH3 is 2. The maximum absolute atomic E-state index is 15.3. The van der Waals surface area contributed by atoms with Gasteiger partial charge in [-0.3, -0.25) is 14.6 Å². The first-order valence-corrected chi connectivity index (χ1v) is 16.9. The van der Waals surface area contributed by atoms with Crippen LogP contribution in [0.4, 0.5) is 5.69 Å². The highest BCUT2D eigenvalue weighted by molar-refractivity contribution is 7.93. The molecule has 0 bridgehead atoms. The van der Waals surface area contributed by atoms with Gasteiger partial charge in [-0.2, -0.15) is 18.0 Å². The van der Waals surface area contributed by atoms with Gasteiger partial charge in [0.25, 0.3) is 15.9 Å². The number of benzene rings is 2. The molecule has 0 saturated carbocycles. The predicted molar refractivity (Wildman–Crippen MR) is 171 cm³/mol. The van der Waals surface area contributed by atoms with Gasteiger partial charge in [0.05, 0.1) is 44.3 Å². The number of amides is 1. The van der Waals surface area contributed by atoms with E-state index in [4.69, 9.17) is 14.2 Å². The summed E-state index contributed by atoms with van der Waals surface area (Å²) in [7, 11) is -1.49. The lowest BCUT2D eigenvalue weighted by Gasteiger charge is -2.47. The molecule has 13 heteroatoms. The number of likely N-dealkylation sites (tertiary alicyclic amines) is 1. The summed E-state index contributed by atoms with van der Waals surface area (Å²) in [6.07, 6.45) is 2.88. The normalized spacial score (nSPS) is 21.1. The smallest absolute Gasteiger partial charge is 0.288 e. The van der Waals surface area contributed by atoms with Crippen LogP contribution in [0, 0.1) is 11.3 Å². The van der Waals surface area contributed by atoms with E-state index in [1.54, 1.807) is 31.4 Å².